The number of sulfonamides is 1. The molecular weight excluding hydrogens is 397 g/mol. The van der Waals surface area contributed by atoms with Gasteiger partial charge in [0, 0.05) is 11.6 Å². The number of methoxy groups -OCH3 is 1. The molecule has 140 valence electrons. The van der Waals surface area contributed by atoms with E-state index in [1.54, 1.807) is 19.2 Å². The van der Waals surface area contributed by atoms with Crippen molar-refractivity contribution in [2.45, 2.75) is 29.8 Å². The summed E-state index contributed by atoms with van der Waals surface area (Å²) in [6.45, 7) is -0.155. The number of halogens is 2. The molecule has 2 aromatic rings. The van der Waals surface area contributed by atoms with Crippen molar-refractivity contribution in [3.05, 3.63) is 57.6 Å². The van der Waals surface area contributed by atoms with E-state index in [1.165, 1.54) is 18.2 Å². The maximum Gasteiger partial charge on any atom is 0.242 e. The van der Waals surface area contributed by atoms with Crippen molar-refractivity contribution in [3.8, 4) is 5.75 Å². The first kappa shape index (κ1) is 19.5. The van der Waals surface area contributed by atoms with Gasteiger partial charge in [0.2, 0.25) is 10.0 Å². The van der Waals surface area contributed by atoms with E-state index >= 15 is 0 Å². The Morgan fingerprint density at radius 2 is 2.00 bits per heavy atom. The van der Waals surface area contributed by atoms with Crippen LogP contribution in [0.15, 0.2) is 41.3 Å². The molecule has 0 amide bonds. The van der Waals surface area contributed by atoms with Gasteiger partial charge >= 0.3 is 0 Å². The number of rotatable bonds is 5. The summed E-state index contributed by atoms with van der Waals surface area (Å²) in [4.78, 5) is -0.110. The molecule has 8 heteroatoms. The van der Waals surface area contributed by atoms with Crippen LogP contribution in [0.2, 0.25) is 10.0 Å². The fourth-order valence-electron chi connectivity index (χ4n) is 3.22. The van der Waals surface area contributed by atoms with E-state index in [1.807, 2.05) is 6.07 Å². The zero-order valence-corrected chi connectivity index (χ0v) is 16.5. The number of hydrogen-bond donors (Lipinski definition) is 2. The van der Waals surface area contributed by atoms with Crippen LogP contribution in [0.4, 0.5) is 0 Å². The van der Waals surface area contributed by atoms with E-state index in [4.69, 9.17) is 27.9 Å². The molecule has 1 unspecified atom stereocenters. The van der Waals surface area contributed by atoms with Gasteiger partial charge in [-0.2, -0.15) is 0 Å². The highest BCUT2D eigenvalue weighted by molar-refractivity contribution is 7.89. The van der Waals surface area contributed by atoms with E-state index in [2.05, 4.69) is 4.72 Å². The Labute approximate surface area is 162 Å². The molecule has 2 aromatic carbocycles. The molecule has 0 radical (unpaired) electrons. The van der Waals surface area contributed by atoms with Gasteiger partial charge in [-0.1, -0.05) is 29.3 Å². The first-order valence-corrected chi connectivity index (χ1v) is 10.3. The number of fused-ring (bicyclic) bond motifs is 1. The molecular formula is C18H19Cl2NO4S. The lowest BCUT2D eigenvalue weighted by molar-refractivity contribution is 0.0242. The molecule has 0 bridgehead atoms. The molecule has 0 heterocycles. The minimum Gasteiger partial charge on any atom is -0.497 e. The molecule has 1 atom stereocenters. The molecule has 1 aliphatic rings. The average molecular weight is 416 g/mol. The van der Waals surface area contributed by atoms with Crippen LogP contribution >= 0.6 is 23.2 Å². The van der Waals surface area contributed by atoms with E-state index in [0.29, 0.717) is 17.7 Å². The maximum atomic E-state index is 12.6. The van der Waals surface area contributed by atoms with Crippen molar-refractivity contribution in [2.24, 2.45) is 0 Å². The van der Waals surface area contributed by atoms with Crippen LogP contribution < -0.4 is 9.46 Å². The third-order valence-electron chi connectivity index (χ3n) is 4.59. The summed E-state index contributed by atoms with van der Waals surface area (Å²) in [5.41, 5.74) is 0.375. The van der Waals surface area contributed by atoms with E-state index in [0.717, 1.165) is 18.4 Å². The van der Waals surface area contributed by atoms with Crippen LogP contribution in [-0.4, -0.2) is 27.2 Å². The summed E-state index contributed by atoms with van der Waals surface area (Å²) in [6.07, 6.45) is 2.01. The maximum absolute atomic E-state index is 12.6. The Morgan fingerprint density at radius 1 is 1.23 bits per heavy atom. The molecule has 5 nitrogen and oxygen atoms in total. The second kappa shape index (κ2) is 7.37. The smallest absolute Gasteiger partial charge is 0.242 e. The van der Waals surface area contributed by atoms with E-state index in [-0.39, 0.29) is 21.5 Å². The number of benzene rings is 2. The Balaban J connectivity index is 1.87. The third kappa shape index (κ3) is 3.85. The zero-order valence-electron chi connectivity index (χ0n) is 14.1. The van der Waals surface area contributed by atoms with E-state index in [9.17, 15) is 13.5 Å². The standard InChI is InChI=1S/C18H19Cl2NO4S/c1-25-14-5-6-15-12(9-14)3-2-8-18(15,22)11-21-26(23,24)17-10-13(19)4-7-16(17)20/h4-7,9-10,21-22H,2-3,8,11H2,1H3. The molecule has 0 aromatic heterocycles. The lowest BCUT2D eigenvalue weighted by atomic mass is 9.79. The van der Waals surface area contributed by atoms with Crippen LogP contribution in [0.25, 0.3) is 0 Å². The number of hydrogen-bond acceptors (Lipinski definition) is 4. The SMILES string of the molecule is COc1ccc2c(c1)CCCC2(O)CNS(=O)(=O)c1cc(Cl)ccc1Cl. The van der Waals surface area contributed by atoms with Gasteiger partial charge in [-0.25, -0.2) is 13.1 Å². The highest BCUT2D eigenvalue weighted by Crippen LogP contribution is 2.37. The van der Waals surface area contributed by atoms with Crippen LogP contribution in [0.5, 0.6) is 5.75 Å². The Kier molecular flexibility index (Phi) is 5.51. The fraction of sp³-hybridized carbons (Fsp3) is 0.333. The van der Waals surface area contributed by atoms with Gasteiger partial charge in [0.25, 0.3) is 0 Å². The monoisotopic (exact) mass is 415 g/mol. The second-order valence-electron chi connectivity index (χ2n) is 6.31. The Bertz CT molecular complexity index is 933. The minimum atomic E-state index is -3.92. The zero-order chi connectivity index (χ0) is 18.9. The van der Waals surface area contributed by atoms with Gasteiger partial charge in [-0.15, -0.1) is 0 Å². The van der Waals surface area contributed by atoms with Crippen molar-refractivity contribution in [3.63, 3.8) is 0 Å². The predicted molar refractivity (Wildman–Crippen MR) is 101 cm³/mol. The summed E-state index contributed by atoms with van der Waals surface area (Å²) in [5.74, 6) is 0.708. The van der Waals surface area contributed by atoms with Crippen molar-refractivity contribution in [1.82, 2.24) is 4.72 Å². The third-order valence-corrected chi connectivity index (χ3v) is 6.71. The Morgan fingerprint density at radius 3 is 2.73 bits per heavy atom. The number of aliphatic hydroxyl groups is 1. The van der Waals surface area contributed by atoms with Gasteiger partial charge in [-0.05, 0) is 60.7 Å². The van der Waals surface area contributed by atoms with Crippen molar-refractivity contribution >= 4 is 33.2 Å². The van der Waals surface area contributed by atoms with Gasteiger partial charge in [-0.3, -0.25) is 0 Å². The van der Waals surface area contributed by atoms with Gasteiger partial charge in [0.1, 0.15) is 16.2 Å². The summed E-state index contributed by atoms with van der Waals surface area (Å²) in [6, 6.07) is 9.65. The van der Waals surface area contributed by atoms with Crippen molar-refractivity contribution in [2.75, 3.05) is 13.7 Å². The Hall–Kier alpha value is -1.31. The molecule has 3 rings (SSSR count). The van der Waals surface area contributed by atoms with Crippen LogP contribution in [-0.2, 0) is 22.0 Å². The van der Waals surface area contributed by atoms with E-state index < -0.39 is 15.6 Å². The average Bonchev–Trinajstić information content (AvgIpc) is 2.62. The molecule has 0 fully saturated rings. The quantitative estimate of drug-likeness (QED) is 0.783. The topological polar surface area (TPSA) is 75.6 Å². The fourth-order valence-corrected chi connectivity index (χ4v) is 5.07. The van der Waals surface area contributed by atoms with Crippen LogP contribution in [0, 0.1) is 0 Å². The summed E-state index contributed by atoms with van der Waals surface area (Å²) >= 11 is 11.9. The van der Waals surface area contributed by atoms with Crippen LogP contribution in [0.3, 0.4) is 0 Å². The van der Waals surface area contributed by atoms with Crippen LogP contribution in [0.1, 0.15) is 24.0 Å². The number of nitrogens with one attached hydrogen (secondary N) is 1. The largest absolute Gasteiger partial charge is 0.497 e. The summed E-state index contributed by atoms with van der Waals surface area (Å²) in [5, 5.41) is 11.4. The minimum absolute atomic E-state index is 0.0719. The molecule has 0 saturated carbocycles. The predicted octanol–water partition coefficient (Wildman–Crippen LogP) is 3.50. The first-order chi connectivity index (χ1) is 12.2. The van der Waals surface area contributed by atoms with Crippen molar-refractivity contribution < 1.29 is 18.3 Å². The number of aryl methyl sites for hydroxylation is 1. The second-order valence-corrected chi connectivity index (χ2v) is 8.89. The molecule has 0 aliphatic heterocycles. The normalized spacial score (nSPS) is 19.8. The first-order valence-electron chi connectivity index (χ1n) is 8.10. The highest BCUT2D eigenvalue weighted by atomic mass is 35.5. The lowest BCUT2D eigenvalue weighted by Gasteiger charge is -2.34. The molecule has 1 aliphatic carbocycles. The molecule has 0 saturated heterocycles. The lowest BCUT2D eigenvalue weighted by Crippen LogP contribution is -2.43. The number of ether oxygens (including phenoxy) is 1. The molecule has 0 spiro atoms. The van der Waals surface area contributed by atoms with Crippen molar-refractivity contribution in [1.29, 1.82) is 0 Å². The van der Waals surface area contributed by atoms with Gasteiger partial charge in [0.15, 0.2) is 0 Å². The molecule has 26 heavy (non-hydrogen) atoms. The van der Waals surface area contributed by atoms with Gasteiger partial charge in [0.05, 0.1) is 12.1 Å². The molecule has 2 N–H and O–H groups in total. The summed E-state index contributed by atoms with van der Waals surface area (Å²) < 4.78 is 32.9. The summed E-state index contributed by atoms with van der Waals surface area (Å²) in [7, 11) is -2.33. The van der Waals surface area contributed by atoms with Gasteiger partial charge < -0.3 is 9.84 Å². The highest BCUT2D eigenvalue weighted by Gasteiger charge is 2.36.